The summed E-state index contributed by atoms with van der Waals surface area (Å²) in [5, 5.41) is 0. The first kappa shape index (κ1) is 49.5. The van der Waals surface area contributed by atoms with Gasteiger partial charge >= 0.3 is 75.8 Å². The summed E-state index contributed by atoms with van der Waals surface area (Å²) < 4.78 is 25.6. The van der Waals surface area contributed by atoms with Crippen molar-refractivity contribution in [3.05, 3.63) is 0 Å². The zero-order valence-electron chi connectivity index (χ0n) is 9.35. The molecular formula is AlMoO12P3Zn3. The molecule has 0 aromatic carbocycles. The van der Waals surface area contributed by atoms with Crippen LogP contribution in [0.1, 0.15) is 0 Å². The van der Waals surface area contributed by atoms with E-state index in [1.807, 2.05) is 0 Å². The van der Waals surface area contributed by atoms with Crippen molar-refractivity contribution in [3.8, 4) is 0 Å². The van der Waals surface area contributed by atoms with Gasteiger partial charge in [0.2, 0.25) is 0 Å². The molecule has 0 saturated carbocycles. The molecule has 0 saturated heterocycles. The van der Waals surface area contributed by atoms with Crippen LogP contribution in [0.5, 0.6) is 0 Å². The van der Waals surface area contributed by atoms with Gasteiger partial charge in [-0.15, -0.1) is 0 Å². The second kappa shape index (κ2) is 22.4. The zero-order valence-corrected chi connectivity index (χ0v) is 24.1. The van der Waals surface area contributed by atoms with Crippen LogP contribution in [-0.4, -0.2) is 17.4 Å². The van der Waals surface area contributed by atoms with Gasteiger partial charge in [-0.05, 0) is 0 Å². The molecule has 0 fully saturated rings. The summed E-state index contributed by atoms with van der Waals surface area (Å²) in [5.41, 5.74) is 0. The Morgan fingerprint density at radius 3 is 0.450 bits per heavy atom. The Balaban J connectivity index is -0.0000000160. The van der Waals surface area contributed by atoms with Gasteiger partial charge in [-0.25, -0.2) is 0 Å². The Morgan fingerprint density at radius 1 is 0.450 bits per heavy atom. The van der Waals surface area contributed by atoms with Crippen molar-refractivity contribution in [2.24, 2.45) is 0 Å². The van der Waals surface area contributed by atoms with Gasteiger partial charge in [0.1, 0.15) is 0 Å². The number of hydrogen-bond acceptors (Lipinski definition) is 12. The van der Waals surface area contributed by atoms with Gasteiger partial charge in [-0.2, -0.15) is 23.5 Å². The Kier molecular flexibility index (Phi) is 55.5. The van der Waals surface area contributed by atoms with Crippen LogP contribution in [0.4, 0.5) is 0 Å². The Morgan fingerprint density at radius 2 is 0.450 bits per heavy atom. The minimum Gasteiger partial charge on any atom is -0.822 e. The maximum Gasteiger partial charge on any atom is 3.00 e. The third-order valence-corrected chi connectivity index (χ3v) is 0. The van der Waals surface area contributed by atoms with Gasteiger partial charge in [0.15, 0.2) is 0 Å². The molecule has 0 N–H and O–H groups in total. The third kappa shape index (κ3) is 763. The van der Waals surface area contributed by atoms with Crippen LogP contribution >= 0.6 is 23.5 Å². The Hall–Kier alpha value is 3.42. The molecule has 0 bridgehead atoms. The molecule has 0 aromatic rings. The van der Waals surface area contributed by atoms with Gasteiger partial charge in [0.25, 0.3) is 0 Å². The fraction of sp³-hybridized carbons (Fsp3) is 0. The molecule has 0 aliphatic carbocycles. The van der Waals surface area contributed by atoms with Crippen LogP contribution in [0.3, 0.4) is 0 Å². The summed E-state index contributed by atoms with van der Waals surface area (Å²) in [6.45, 7) is 0. The summed E-state index contributed by atoms with van der Waals surface area (Å²) >= 11 is 0. The van der Waals surface area contributed by atoms with E-state index in [2.05, 4.69) is 0 Å². The molecule has 0 aliphatic heterocycles. The van der Waals surface area contributed by atoms with Crippen LogP contribution in [0, 0.1) is 0 Å². The van der Waals surface area contributed by atoms with Crippen molar-refractivity contribution in [1.29, 1.82) is 0 Å². The van der Waals surface area contributed by atoms with Crippen molar-refractivity contribution in [3.63, 3.8) is 0 Å². The molecule has 12 nitrogen and oxygen atoms in total. The Bertz CT molecular complexity index is 220. The van der Waals surface area contributed by atoms with Crippen LogP contribution < -0.4 is 44.0 Å². The predicted molar refractivity (Wildman–Crippen MR) is 28.6 cm³/mol. The molecule has 0 aromatic heterocycles. The fourth-order valence-corrected chi connectivity index (χ4v) is 0. The van der Waals surface area contributed by atoms with E-state index < -0.39 is 23.5 Å². The van der Waals surface area contributed by atoms with Crippen molar-refractivity contribution in [2.75, 3.05) is 0 Å². The predicted octanol–water partition coefficient (Wildman–Crippen LogP) is -8.86. The average Bonchev–Trinajstić information content (AvgIpc) is 1.41. The van der Waals surface area contributed by atoms with Crippen LogP contribution in [0.2, 0.25) is 0 Å². The number of rotatable bonds is 0. The molecule has 0 rings (SSSR count). The molecule has 0 spiro atoms. The van der Waals surface area contributed by atoms with E-state index in [0.29, 0.717) is 0 Å². The summed E-state index contributed by atoms with van der Waals surface area (Å²) in [4.78, 5) is 76.9. The molecule has 20 heavy (non-hydrogen) atoms. The summed E-state index contributed by atoms with van der Waals surface area (Å²) in [5.74, 6) is 0. The maximum absolute atomic E-state index is 8.55. The molecule has 0 unspecified atom stereocenters. The topological polar surface area (TPSA) is 259 Å². The van der Waals surface area contributed by atoms with Crippen molar-refractivity contribution in [2.45, 2.75) is 0 Å². The molecule has 0 amide bonds. The second-order valence-electron chi connectivity index (χ2n) is 1.34. The first-order valence-electron chi connectivity index (χ1n) is 2.19. The molecule has 0 atom stereocenters. The smallest absolute Gasteiger partial charge is 0.822 e. The van der Waals surface area contributed by atoms with Gasteiger partial charge in [-0.3, -0.25) is 0 Å². The van der Waals surface area contributed by atoms with Gasteiger partial charge in [-0.1, -0.05) is 0 Å². The quantitative estimate of drug-likeness (QED) is 0.184. The van der Waals surface area contributed by atoms with Gasteiger partial charge < -0.3 is 57.7 Å². The molecule has 0 aliphatic rings. The first-order chi connectivity index (χ1) is 6.00. The largest absolute Gasteiger partial charge is 3.00 e. The van der Waals surface area contributed by atoms with E-state index in [4.69, 9.17) is 57.7 Å². The summed E-state index contributed by atoms with van der Waals surface area (Å²) in [6, 6.07) is 0. The number of hydrogen-bond donors (Lipinski definition) is 0. The molecule has 102 valence electrons. The van der Waals surface area contributed by atoms with Crippen molar-refractivity contribution in [1.82, 2.24) is 0 Å². The third-order valence-electron chi connectivity index (χ3n) is 0. The molecule has 0 heterocycles. The summed E-state index contributed by atoms with van der Waals surface area (Å²) in [7, 11) is -16.2. The van der Waals surface area contributed by atoms with E-state index in [-0.39, 0.29) is 96.9 Å². The van der Waals surface area contributed by atoms with E-state index in [1.54, 1.807) is 0 Å². The van der Waals surface area contributed by atoms with E-state index in [1.165, 1.54) is 0 Å². The zero-order chi connectivity index (χ0) is 13.5. The SMILES string of the molecule is O=P([O-])([O-])[O-].O=P([O-])([O-])[O-].O=P([O-])([O-])[O-].[Al+3].[Mo].[Zn+2].[Zn+2].[Zn+2]. The van der Waals surface area contributed by atoms with Gasteiger partial charge in [0.05, 0.1) is 0 Å². The Labute approximate surface area is 176 Å². The van der Waals surface area contributed by atoms with E-state index in [0.717, 1.165) is 0 Å². The minimum atomic E-state index is -5.39. The van der Waals surface area contributed by atoms with Crippen LogP contribution in [0.25, 0.3) is 0 Å². The number of phosphoric acid groups is 3. The average molecular weight is 604 g/mol. The van der Waals surface area contributed by atoms with Crippen LogP contribution in [-0.2, 0) is 93.2 Å². The normalized spacial score (nSPS) is 8.85. The van der Waals surface area contributed by atoms with E-state index >= 15 is 0 Å². The summed E-state index contributed by atoms with van der Waals surface area (Å²) in [6.07, 6.45) is 0. The molecule has 0 radical (unpaired) electrons. The standard InChI is InChI=1S/Al.Mo.3H3O4P.3Zn/c;;3*1-5(2,3)4;;;/h;;3*(H3,1,2,3,4);;;/q+3;;;;;3*+2/p-9. The van der Waals surface area contributed by atoms with Gasteiger partial charge in [0, 0.05) is 21.1 Å². The minimum absolute atomic E-state index is 0. The monoisotopic (exact) mass is 602 g/mol. The van der Waals surface area contributed by atoms with E-state index in [9.17, 15) is 0 Å². The van der Waals surface area contributed by atoms with Crippen molar-refractivity contribution < 1.29 is 137 Å². The van der Waals surface area contributed by atoms with Crippen molar-refractivity contribution >= 4 is 40.8 Å². The molecule has 20 heteroatoms. The molecular weight excluding hydrogens is 604 g/mol. The maximum atomic E-state index is 8.55. The second-order valence-corrected chi connectivity index (χ2v) is 4.02. The first-order valence-corrected chi connectivity index (χ1v) is 6.57. The van der Waals surface area contributed by atoms with Crippen LogP contribution in [0.15, 0.2) is 0 Å². The fourth-order valence-electron chi connectivity index (χ4n) is 0.